The molecule has 16 heavy (non-hydrogen) atoms. The van der Waals surface area contributed by atoms with Crippen molar-refractivity contribution in [3.05, 3.63) is 34.6 Å². The number of hydrogen-bond acceptors (Lipinski definition) is 1. The van der Waals surface area contributed by atoms with Crippen LogP contribution in [0.3, 0.4) is 0 Å². The zero-order valence-corrected chi connectivity index (χ0v) is 8.17. The van der Waals surface area contributed by atoms with E-state index in [1.54, 1.807) is 0 Å². The van der Waals surface area contributed by atoms with Crippen molar-refractivity contribution in [2.75, 3.05) is 6.61 Å². The molecule has 0 aliphatic heterocycles. The lowest BCUT2D eigenvalue weighted by atomic mass is 10.1. The smallest absolute Gasteiger partial charge is 0.200 e. The molecule has 0 aromatic heterocycles. The number of unbranched alkanes of at least 4 members (excludes halogenated alkanes) is 1. The first kappa shape index (κ1) is 12.9. The molecule has 0 fully saturated rings. The molecule has 0 aliphatic carbocycles. The Morgan fingerprint density at radius 2 is 1.12 bits per heavy atom. The summed E-state index contributed by atoms with van der Waals surface area (Å²) in [5.41, 5.74) is -0.829. The summed E-state index contributed by atoms with van der Waals surface area (Å²) in [6.45, 7) is -0.199. The molecule has 1 aromatic rings. The molecule has 0 saturated carbocycles. The largest absolute Gasteiger partial charge is 0.396 e. The van der Waals surface area contributed by atoms with E-state index in [-0.39, 0.29) is 25.9 Å². The molecule has 0 bridgehead atoms. The van der Waals surface area contributed by atoms with Crippen molar-refractivity contribution in [1.82, 2.24) is 0 Å². The Bertz CT molecular complexity index is 362. The number of aliphatic hydroxyl groups is 1. The molecule has 6 heteroatoms. The number of benzene rings is 1. The van der Waals surface area contributed by atoms with Crippen molar-refractivity contribution >= 4 is 0 Å². The fourth-order valence-corrected chi connectivity index (χ4v) is 1.28. The quantitative estimate of drug-likeness (QED) is 0.371. The normalized spacial score (nSPS) is 10.9. The van der Waals surface area contributed by atoms with Crippen LogP contribution in [0.5, 0.6) is 0 Å². The van der Waals surface area contributed by atoms with Gasteiger partial charge in [0.25, 0.3) is 0 Å². The second kappa shape index (κ2) is 5.25. The third kappa shape index (κ3) is 2.32. The molecule has 0 saturated heterocycles. The predicted molar refractivity (Wildman–Crippen MR) is 46.3 cm³/mol. The fraction of sp³-hybridized carbons (Fsp3) is 0.400. The van der Waals surface area contributed by atoms with Gasteiger partial charge in [0.15, 0.2) is 23.3 Å². The molecule has 0 unspecified atom stereocenters. The molecule has 1 nitrogen and oxygen atoms in total. The summed E-state index contributed by atoms with van der Waals surface area (Å²) in [7, 11) is 0. The van der Waals surface area contributed by atoms with Gasteiger partial charge in [-0.1, -0.05) is 0 Å². The van der Waals surface area contributed by atoms with E-state index in [9.17, 15) is 22.0 Å². The molecule has 0 aliphatic rings. The molecule has 90 valence electrons. The van der Waals surface area contributed by atoms with Crippen LogP contribution in [0.25, 0.3) is 0 Å². The average molecular weight is 240 g/mol. The highest BCUT2D eigenvalue weighted by Gasteiger charge is 2.24. The number of aliphatic hydroxyl groups excluding tert-OH is 1. The van der Waals surface area contributed by atoms with Gasteiger partial charge in [-0.05, 0) is 19.3 Å². The summed E-state index contributed by atoms with van der Waals surface area (Å²) in [5.74, 6) is -9.61. The first-order valence-corrected chi connectivity index (χ1v) is 4.61. The highest BCUT2D eigenvalue weighted by Crippen LogP contribution is 2.24. The fourth-order valence-electron chi connectivity index (χ4n) is 1.28. The number of rotatable bonds is 4. The Hall–Kier alpha value is -1.17. The van der Waals surface area contributed by atoms with Gasteiger partial charge >= 0.3 is 0 Å². The topological polar surface area (TPSA) is 20.2 Å². The van der Waals surface area contributed by atoms with Gasteiger partial charge in [0.05, 0.1) is 0 Å². The molecule has 1 aromatic carbocycles. The van der Waals surface area contributed by atoms with E-state index >= 15 is 0 Å². The summed E-state index contributed by atoms with van der Waals surface area (Å²) in [6, 6.07) is 0. The van der Waals surface area contributed by atoms with E-state index in [2.05, 4.69) is 0 Å². The first-order chi connectivity index (χ1) is 7.50. The monoisotopic (exact) mass is 240 g/mol. The van der Waals surface area contributed by atoms with Crippen LogP contribution in [0.15, 0.2) is 0 Å². The molecule has 0 spiro atoms. The summed E-state index contributed by atoms with van der Waals surface area (Å²) < 4.78 is 64.1. The Morgan fingerprint density at radius 3 is 1.56 bits per heavy atom. The zero-order chi connectivity index (χ0) is 12.3. The molecule has 0 radical (unpaired) electrons. The van der Waals surface area contributed by atoms with Crippen LogP contribution >= 0.6 is 0 Å². The third-order valence-electron chi connectivity index (χ3n) is 2.14. The van der Waals surface area contributed by atoms with Crippen LogP contribution in [-0.4, -0.2) is 11.7 Å². The van der Waals surface area contributed by atoms with Crippen LogP contribution < -0.4 is 0 Å². The lowest BCUT2D eigenvalue weighted by molar-refractivity contribution is 0.283. The second-order valence-electron chi connectivity index (χ2n) is 3.23. The third-order valence-corrected chi connectivity index (χ3v) is 2.14. The van der Waals surface area contributed by atoms with E-state index in [1.165, 1.54) is 0 Å². The highest BCUT2D eigenvalue weighted by molar-refractivity contribution is 5.24. The van der Waals surface area contributed by atoms with Crippen molar-refractivity contribution in [2.24, 2.45) is 0 Å². The summed E-state index contributed by atoms with van der Waals surface area (Å²) in [5, 5.41) is 8.44. The Kier molecular flexibility index (Phi) is 4.23. The molecule has 1 N–H and O–H groups in total. The van der Waals surface area contributed by atoms with E-state index in [4.69, 9.17) is 5.11 Å². The minimum absolute atomic E-state index is 0.148. The maximum Gasteiger partial charge on any atom is 0.200 e. The molecule has 0 amide bonds. The van der Waals surface area contributed by atoms with Gasteiger partial charge in [-0.15, -0.1) is 0 Å². The average Bonchev–Trinajstić information content (AvgIpc) is 2.28. The molecule has 0 heterocycles. The van der Waals surface area contributed by atoms with Crippen LogP contribution in [0, 0.1) is 29.1 Å². The lowest BCUT2D eigenvalue weighted by Gasteiger charge is -2.07. The van der Waals surface area contributed by atoms with E-state index < -0.39 is 34.6 Å². The van der Waals surface area contributed by atoms with Gasteiger partial charge in [0.1, 0.15) is 0 Å². The van der Waals surface area contributed by atoms with Gasteiger partial charge in [0, 0.05) is 12.2 Å². The molecule has 0 atom stereocenters. The highest BCUT2D eigenvalue weighted by atomic mass is 19.2. The summed E-state index contributed by atoms with van der Waals surface area (Å²) in [4.78, 5) is 0. The first-order valence-electron chi connectivity index (χ1n) is 4.61. The van der Waals surface area contributed by atoms with Gasteiger partial charge in [-0.3, -0.25) is 0 Å². The summed E-state index contributed by atoms with van der Waals surface area (Å²) >= 11 is 0. The zero-order valence-electron chi connectivity index (χ0n) is 8.17. The van der Waals surface area contributed by atoms with Gasteiger partial charge in [0.2, 0.25) is 5.82 Å². The van der Waals surface area contributed by atoms with Crippen molar-refractivity contribution in [3.8, 4) is 0 Å². The van der Waals surface area contributed by atoms with Crippen molar-refractivity contribution < 1.29 is 27.1 Å². The Balaban J connectivity index is 3.08. The molecule has 1 rings (SSSR count). The van der Waals surface area contributed by atoms with E-state index in [0.29, 0.717) is 0 Å². The van der Waals surface area contributed by atoms with Crippen LogP contribution in [0.1, 0.15) is 18.4 Å². The Morgan fingerprint density at radius 1 is 0.688 bits per heavy atom. The van der Waals surface area contributed by atoms with E-state index in [1.807, 2.05) is 0 Å². The van der Waals surface area contributed by atoms with Crippen LogP contribution in [0.2, 0.25) is 0 Å². The van der Waals surface area contributed by atoms with Crippen molar-refractivity contribution in [3.63, 3.8) is 0 Å². The molecular formula is C10H9F5O. The number of halogens is 5. The predicted octanol–water partition coefficient (Wildman–Crippen LogP) is 2.70. The maximum absolute atomic E-state index is 13.0. The minimum Gasteiger partial charge on any atom is -0.396 e. The van der Waals surface area contributed by atoms with Crippen molar-refractivity contribution in [1.29, 1.82) is 0 Å². The Labute approximate surface area is 88.5 Å². The minimum atomic E-state index is -2.15. The van der Waals surface area contributed by atoms with E-state index in [0.717, 1.165) is 0 Å². The second-order valence-corrected chi connectivity index (χ2v) is 3.23. The van der Waals surface area contributed by atoms with Gasteiger partial charge in [-0.2, -0.15) is 0 Å². The van der Waals surface area contributed by atoms with Crippen LogP contribution in [0.4, 0.5) is 22.0 Å². The van der Waals surface area contributed by atoms with Gasteiger partial charge in [-0.25, -0.2) is 22.0 Å². The number of hydrogen-bond donors (Lipinski definition) is 1. The van der Waals surface area contributed by atoms with Crippen LogP contribution in [-0.2, 0) is 6.42 Å². The molecular weight excluding hydrogens is 231 g/mol. The van der Waals surface area contributed by atoms with Gasteiger partial charge < -0.3 is 5.11 Å². The standard InChI is InChI=1S/C10H9F5O/c11-6-5(3-1-2-4-16)7(12)9(14)10(15)8(6)13/h16H,1-4H2. The SMILES string of the molecule is OCCCCc1c(F)c(F)c(F)c(F)c1F. The van der Waals surface area contributed by atoms with Crippen molar-refractivity contribution in [2.45, 2.75) is 19.3 Å². The lowest BCUT2D eigenvalue weighted by Crippen LogP contribution is -2.07. The summed E-state index contributed by atoms with van der Waals surface area (Å²) in [6.07, 6.45) is 0.0840. The maximum atomic E-state index is 13.0.